The van der Waals surface area contributed by atoms with Gasteiger partial charge in [-0.15, -0.1) is 0 Å². The van der Waals surface area contributed by atoms with Crippen LogP contribution in [0.5, 0.6) is 0 Å². The summed E-state index contributed by atoms with van der Waals surface area (Å²) in [6, 6.07) is 8.94. The Bertz CT molecular complexity index is 576. The van der Waals surface area contributed by atoms with Crippen molar-refractivity contribution in [2.24, 2.45) is 5.92 Å². The first-order valence-electron chi connectivity index (χ1n) is 6.97. The average molecular weight is 304 g/mol. The van der Waals surface area contributed by atoms with Crippen molar-refractivity contribution in [1.82, 2.24) is 5.32 Å². The van der Waals surface area contributed by atoms with Gasteiger partial charge >= 0.3 is 0 Å². The van der Waals surface area contributed by atoms with Crippen molar-refractivity contribution in [3.63, 3.8) is 0 Å². The number of amides is 2. The lowest BCUT2D eigenvalue weighted by atomic mass is 10.1. The van der Waals surface area contributed by atoms with Crippen LogP contribution in [-0.4, -0.2) is 35.3 Å². The Kier molecular flexibility index (Phi) is 3.96. The van der Waals surface area contributed by atoms with Gasteiger partial charge in [-0.3, -0.25) is 14.4 Å². The number of nitrogens with one attached hydrogen (secondary N) is 1. The Hall–Kier alpha value is -1.82. The van der Waals surface area contributed by atoms with Crippen LogP contribution in [-0.2, 0) is 14.4 Å². The minimum absolute atomic E-state index is 0.0209. The topological polar surface area (TPSA) is 66.5 Å². The number of nitrogens with zero attached hydrogens (tertiary/aromatic N) is 1. The molecule has 5 nitrogen and oxygen atoms in total. The first kappa shape index (κ1) is 14.1. The van der Waals surface area contributed by atoms with Crippen molar-refractivity contribution < 1.29 is 14.4 Å². The van der Waals surface area contributed by atoms with E-state index in [0.29, 0.717) is 13.0 Å². The lowest BCUT2D eigenvalue weighted by Crippen LogP contribution is -2.41. The molecule has 2 saturated heterocycles. The van der Waals surface area contributed by atoms with E-state index in [4.69, 9.17) is 0 Å². The van der Waals surface area contributed by atoms with E-state index in [9.17, 15) is 14.4 Å². The van der Waals surface area contributed by atoms with E-state index in [2.05, 4.69) is 5.32 Å². The second-order valence-corrected chi connectivity index (χ2v) is 6.36. The van der Waals surface area contributed by atoms with E-state index in [1.165, 1.54) is 11.8 Å². The Balaban J connectivity index is 1.64. The number of thioether (sulfide) groups is 1. The summed E-state index contributed by atoms with van der Waals surface area (Å²) in [6.45, 7) is 0.378. The third-order valence-electron chi connectivity index (χ3n) is 3.82. The SMILES string of the molecule is O=C(NC1CCSC1=O)C1CC(=O)N(c2ccccc2)C1. The zero-order chi connectivity index (χ0) is 14.8. The zero-order valence-electron chi connectivity index (χ0n) is 11.5. The summed E-state index contributed by atoms with van der Waals surface area (Å²) in [6.07, 6.45) is 0.882. The maximum absolute atomic E-state index is 12.2. The number of carbonyl (C=O) groups excluding carboxylic acids is 3. The van der Waals surface area contributed by atoms with Gasteiger partial charge in [-0.25, -0.2) is 0 Å². The molecule has 1 N–H and O–H groups in total. The van der Waals surface area contributed by atoms with E-state index in [-0.39, 0.29) is 35.3 Å². The van der Waals surface area contributed by atoms with Gasteiger partial charge < -0.3 is 10.2 Å². The van der Waals surface area contributed by atoms with Crippen LogP contribution in [0.1, 0.15) is 12.8 Å². The van der Waals surface area contributed by atoms with Gasteiger partial charge in [-0.2, -0.15) is 0 Å². The number of rotatable bonds is 3. The molecule has 0 radical (unpaired) electrons. The van der Waals surface area contributed by atoms with Crippen LogP contribution in [0.3, 0.4) is 0 Å². The molecule has 0 bridgehead atoms. The third-order valence-corrected chi connectivity index (χ3v) is 4.82. The number of carbonyl (C=O) groups is 3. The van der Waals surface area contributed by atoms with Gasteiger partial charge in [0.2, 0.25) is 16.9 Å². The van der Waals surface area contributed by atoms with Crippen LogP contribution in [0.15, 0.2) is 30.3 Å². The summed E-state index contributed by atoms with van der Waals surface area (Å²) in [5, 5.41) is 2.80. The van der Waals surface area contributed by atoms with Crippen molar-refractivity contribution in [3.8, 4) is 0 Å². The lowest BCUT2D eigenvalue weighted by Gasteiger charge is -2.17. The molecular weight excluding hydrogens is 288 g/mol. The normalized spacial score (nSPS) is 25.4. The van der Waals surface area contributed by atoms with Gasteiger partial charge in [0.05, 0.1) is 12.0 Å². The van der Waals surface area contributed by atoms with E-state index in [1.54, 1.807) is 4.90 Å². The summed E-state index contributed by atoms with van der Waals surface area (Å²) in [7, 11) is 0. The second kappa shape index (κ2) is 5.89. The van der Waals surface area contributed by atoms with E-state index >= 15 is 0 Å². The van der Waals surface area contributed by atoms with E-state index < -0.39 is 0 Å². The molecule has 2 heterocycles. The van der Waals surface area contributed by atoms with Crippen molar-refractivity contribution in [1.29, 1.82) is 0 Å². The third kappa shape index (κ3) is 2.95. The fourth-order valence-electron chi connectivity index (χ4n) is 2.66. The summed E-state index contributed by atoms with van der Waals surface area (Å²) in [4.78, 5) is 37.5. The number of para-hydroxylation sites is 1. The first-order chi connectivity index (χ1) is 10.1. The van der Waals surface area contributed by atoms with Gasteiger partial charge in [0, 0.05) is 24.4 Å². The quantitative estimate of drug-likeness (QED) is 0.911. The molecule has 1 aromatic carbocycles. The molecule has 3 rings (SSSR count). The molecule has 0 saturated carbocycles. The number of anilines is 1. The predicted molar refractivity (Wildman–Crippen MR) is 80.9 cm³/mol. The molecule has 2 atom stereocenters. The molecule has 2 fully saturated rings. The molecule has 2 aliphatic rings. The molecule has 1 aromatic rings. The molecular formula is C15H16N2O3S. The van der Waals surface area contributed by atoms with Crippen LogP contribution in [0, 0.1) is 5.92 Å². The minimum atomic E-state index is -0.386. The Morgan fingerprint density at radius 2 is 2.00 bits per heavy atom. The molecule has 2 amide bonds. The van der Waals surface area contributed by atoms with Gasteiger partial charge in [-0.05, 0) is 18.6 Å². The highest BCUT2D eigenvalue weighted by molar-refractivity contribution is 8.14. The van der Waals surface area contributed by atoms with Crippen LogP contribution in [0.2, 0.25) is 0 Å². The highest BCUT2D eigenvalue weighted by atomic mass is 32.2. The average Bonchev–Trinajstić information content (AvgIpc) is 3.07. The largest absolute Gasteiger partial charge is 0.345 e. The molecule has 2 aliphatic heterocycles. The van der Waals surface area contributed by atoms with Crippen molar-refractivity contribution in [3.05, 3.63) is 30.3 Å². The van der Waals surface area contributed by atoms with Crippen molar-refractivity contribution in [2.45, 2.75) is 18.9 Å². The fourth-order valence-corrected chi connectivity index (χ4v) is 3.59. The Labute approximate surface area is 127 Å². The summed E-state index contributed by atoms with van der Waals surface area (Å²) in [5.74, 6) is 0.135. The number of benzene rings is 1. The number of hydrogen-bond acceptors (Lipinski definition) is 4. The molecule has 2 unspecified atom stereocenters. The molecule has 0 aromatic heterocycles. The van der Waals surface area contributed by atoms with Gasteiger partial charge in [0.1, 0.15) is 0 Å². The fraction of sp³-hybridized carbons (Fsp3) is 0.400. The highest BCUT2D eigenvalue weighted by Crippen LogP contribution is 2.26. The van der Waals surface area contributed by atoms with Crippen molar-refractivity contribution in [2.75, 3.05) is 17.2 Å². The standard InChI is InChI=1S/C15H16N2O3S/c18-13-8-10(9-17(13)11-4-2-1-3-5-11)14(19)16-12-6-7-21-15(12)20/h1-5,10,12H,6-9H2,(H,16,19). The smallest absolute Gasteiger partial charge is 0.227 e. The summed E-state index contributed by atoms with van der Waals surface area (Å²) < 4.78 is 0. The second-order valence-electron chi connectivity index (χ2n) is 5.26. The van der Waals surface area contributed by atoms with Crippen LogP contribution in [0.25, 0.3) is 0 Å². The Morgan fingerprint density at radius 3 is 2.67 bits per heavy atom. The van der Waals surface area contributed by atoms with Gasteiger partial charge in [-0.1, -0.05) is 30.0 Å². The lowest BCUT2D eigenvalue weighted by molar-refractivity contribution is -0.128. The zero-order valence-corrected chi connectivity index (χ0v) is 12.3. The molecule has 21 heavy (non-hydrogen) atoms. The summed E-state index contributed by atoms with van der Waals surface area (Å²) >= 11 is 1.26. The van der Waals surface area contributed by atoms with E-state index in [1.807, 2.05) is 30.3 Å². The van der Waals surface area contributed by atoms with Crippen LogP contribution in [0.4, 0.5) is 5.69 Å². The Morgan fingerprint density at radius 1 is 1.24 bits per heavy atom. The molecule has 0 aliphatic carbocycles. The first-order valence-corrected chi connectivity index (χ1v) is 7.96. The maximum Gasteiger partial charge on any atom is 0.227 e. The van der Waals surface area contributed by atoms with Gasteiger partial charge in [0.15, 0.2) is 0 Å². The molecule has 0 spiro atoms. The predicted octanol–water partition coefficient (Wildman–Crippen LogP) is 1.19. The molecule has 6 heteroatoms. The monoisotopic (exact) mass is 304 g/mol. The van der Waals surface area contributed by atoms with Crippen LogP contribution >= 0.6 is 11.8 Å². The minimum Gasteiger partial charge on any atom is -0.345 e. The summed E-state index contributed by atoms with van der Waals surface area (Å²) in [5.41, 5.74) is 0.810. The maximum atomic E-state index is 12.2. The van der Waals surface area contributed by atoms with Gasteiger partial charge in [0.25, 0.3) is 0 Å². The number of hydrogen-bond donors (Lipinski definition) is 1. The highest BCUT2D eigenvalue weighted by Gasteiger charge is 2.37. The van der Waals surface area contributed by atoms with E-state index in [0.717, 1.165) is 11.4 Å². The molecule has 110 valence electrons. The van der Waals surface area contributed by atoms with Crippen LogP contribution < -0.4 is 10.2 Å². The van der Waals surface area contributed by atoms with Crippen molar-refractivity contribution >= 4 is 34.4 Å².